The Bertz CT molecular complexity index is 670. The van der Waals surface area contributed by atoms with E-state index in [0.29, 0.717) is 12.3 Å². The maximum absolute atomic E-state index is 10.8. The van der Waals surface area contributed by atoms with Crippen molar-refractivity contribution >= 4 is 11.5 Å². The summed E-state index contributed by atoms with van der Waals surface area (Å²) in [6.07, 6.45) is 0.841. The van der Waals surface area contributed by atoms with Gasteiger partial charge in [0.15, 0.2) is 0 Å². The third-order valence-corrected chi connectivity index (χ3v) is 3.03. The standard InChI is InChI=1S/C13H11N3O3/c14-13-7-10(16(17)18)6-11(15-13)8-1-2-12-9(5-8)3-4-19-12/h1-2,5-7H,3-4H2,(H2,14,15). The van der Waals surface area contributed by atoms with Crippen molar-refractivity contribution in [2.24, 2.45) is 0 Å². The van der Waals surface area contributed by atoms with Crippen LogP contribution < -0.4 is 10.5 Å². The van der Waals surface area contributed by atoms with Crippen LogP contribution in [0.25, 0.3) is 11.3 Å². The second kappa shape index (κ2) is 4.24. The summed E-state index contributed by atoms with van der Waals surface area (Å²) in [5.74, 6) is 1.00. The highest BCUT2D eigenvalue weighted by Crippen LogP contribution is 2.31. The average molecular weight is 257 g/mol. The molecular weight excluding hydrogens is 246 g/mol. The Morgan fingerprint density at radius 1 is 1.32 bits per heavy atom. The molecule has 0 spiro atoms. The van der Waals surface area contributed by atoms with Crippen molar-refractivity contribution in [1.29, 1.82) is 0 Å². The molecular formula is C13H11N3O3. The number of ether oxygens (including phenoxy) is 1. The number of anilines is 1. The minimum absolute atomic E-state index is 0.0563. The quantitative estimate of drug-likeness (QED) is 0.657. The lowest BCUT2D eigenvalue weighted by Crippen LogP contribution is -1.96. The zero-order chi connectivity index (χ0) is 13.4. The van der Waals surface area contributed by atoms with Crippen LogP contribution in [0.15, 0.2) is 30.3 Å². The first-order chi connectivity index (χ1) is 9.13. The van der Waals surface area contributed by atoms with E-state index in [1.54, 1.807) is 0 Å². The highest BCUT2D eigenvalue weighted by Gasteiger charge is 2.15. The molecule has 1 aliphatic heterocycles. The highest BCUT2D eigenvalue weighted by molar-refractivity contribution is 5.66. The summed E-state index contributed by atoms with van der Waals surface area (Å²) in [5.41, 5.74) is 7.94. The summed E-state index contributed by atoms with van der Waals surface area (Å²) in [6.45, 7) is 0.670. The molecule has 6 nitrogen and oxygen atoms in total. The van der Waals surface area contributed by atoms with Gasteiger partial charge in [0.25, 0.3) is 5.69 Å². The van der Waals surface area contributed by atoms with Crippen LogP contribution in [0, 0.1) is 10.1 Å². The van der Waals surface area contributed by atoms with Crippen molar-refractivity contribution in [1.82, 2.24) is 4.98 Å². The molecule has 6 heteroatoms. The first kappa shape index (κ1) is 11.5. The van der Waals surface area contributed by atoms with Crippen LogP contribution in [0.2, 0.25) is 0 Å². The largest absolute Gasteiger partial charge is 0.493 e. The van der Waals surface area contributed by atoms with Gasteiger partial charge in [-0.25, -0.2) is 4.98 Å². The van der Waals surface area contributed by atoms with Gasteiger partial charge < -0.3 is 10.5 Å². The van der Waals surface area contributed by atoms with E-state index >= 15 is 0 Å². The second-order valence-corrected chi connectivity index (χ2v) is 4.31. The van der Waals surface area contributed by atoms with E-state index in [0.717, 1.165) is 23.3 Å². The molecule has 0 radical (unpaired) electrons. The normalized spacial score (nSPS) is 12.8. The fourth-order valence-electron chi connectivity index (χ4n) is 2.14. The number of hydrogen-bond acceptors (Lipinski definition) is 5. The van der Waals surface area contributed by atoms with Crippen molar-refractivity contribution < 1.29 is 9.66 Å². The van der Waals surface area contributed by atoms with Crippen LogP contribution in [0.3, 0.4) is 0 Å². The number of nitro groups is 1. The molecule has 0 atom stereocenters. The summed E-state index contributed by atoms with van der Waals surface area (Å²) in [5, 5.41) is 10.8. The van der Waals surface area contributed by atoms with Crippen LogP contribution in [0.4, 0.5) is 11.5 Å². The molecule has 2 heterocycles. The molecule has 0 fully saturated rings. The molecule has 0 amide bonds. The molecule has 1 aromatic carbocycles. The van der Waals surface area contributed by atoms with Gasteiger partial charge in [0.05, 0.1) is 23.3 Å². The zero-order valence-electron chi connectivity index (χ0n) is 10.00. The smallest absolute Gasteiger partial charge is 0.275 e. The summed E-state index contributed by atoms with van der Waals surface area (Å²) in [7, 11) is 0. The number of pyridine rings is 1. The minimum Gasteiger partial charge on any atom is -0.493 e. The zero-order valence-corrected chi connectivity index (χ0v) is 10.00. The number of benzene rings is 1. The van der Waals surface area contributed by atoms with Crippen molar-refractivity contribution in [3.8, 4) is 17.0 Å². The minimum atomic E-state index is -0.474. The number of hydrogen-bond donors (Lipinski definition) is 1. The van der Waals surface area contributed by atoms with Gasteiger partial charge >= 0.3 is 0 Å². The predicted octanol–water partition coefficient (Wildman–Crippen LogP) is 2.17. The first-order valence-corrected chi connectivity index (χ1v) is 5.81. The lowest BCUT2D eigenvalue weighted by molar-refractivity contribution is -0.384. The van der Waals surface area contributed by atoms with Crippen molar-refractivity contribution in [3.05, 3.63) is 46.0 Å². The fraction of sp³-hybridized carbons (Fsp3) is 0.154. The Morgan fingerprint density at radius 3 is 2.95 bits per heavy atom. The molecule has 0 bridgehead atoms. The molecule has 3 rings (SSSR count). The predicted molar refractivity (Wildman–Crippen MR) is 69.9 cm³/mol. The Labute approximate surface area is 109 Å². The van der Waals surface area contributed by atoms with Crippen LogP contribution in [0.1, 0.15) is 5.56 Å². The van der Waals surface area contributed by atoms with E-state index in [1.807, 2.05) is 18.2 Å². The van der Waals surface area contributed by atoms with Gasteiger partial charge in [0, 0.05) is 18.1 Å². The van der Waals surface area contributed by atoms with E-state index in [2.05, 4.69) is 4.98 Å². The SMILES string of the molecule is Nc1cc([N+](=O)[O-])cc(-c2ccc3c(c2)CCO3)n1. The number of fused-ring (bicyclic) bond motifs is 1. The summed E-state index contributed by atoms with van der Waals surface area (Å²) in [4.78, 5) is 14.5. The molecule has 2 aromatic rings. The van der Waals surface area contributed by atoms with Crippen LogP contribution in [0.5, 0.6) is 5.75 Å². The molecule has 1 aliphatic rings. The van der Waals surface area contributed by atoms with Gasteiger partial charge in [-0.3, -0.25) is 10.1 Å². The topological polar surface area (TPSA) is 91.3 Å². The Morgan fingerprint density at radius 2 is 2.16 bits per heavy atom. The molecule has 2 N–H and O–H groups in total. The van der Waals surface area contributed by atoms with E-state index in [4.69, 9.17) is 10.5 Å². The van der Waals surface area contributed by atoms with Gasteiger partial charge in [-0.2, -0.15) is 0 Å². The molecule has 0 saturated carbocycles. The Kier molecular flexibility index (Phi) is 2.56. The summed E-state index contributed by atoms with van der Waals surface area (Å²) >= 11 is 0. The van der Waals surface area contributed by atoms with Gasteiger partial charge in [0.1, 0.15) is 11.6 Å². The van der Waals surface area contributed by atoms with Gasteiger partial charge in [-0.1, -0.05) is 0 Å². The summed E-state index contributed by atoms with van der Waals surface area (Å²) < 4.78 is 5.42. The van der Waals surface area contributed by atoms with Crippen molar-refractivity contribution in [2.45, 2.75) is 6.42 Å². The van der Waals surface area contributed by atoms with Crippen molar-refractivity contribution in [3.63, 3.8) is 0 Å². The van der Waals surface area contributed by atoms with Gasteiger partial charge in [0.2, 0.25) is 0 Å². The lowest BCUT2D eigenvalue weighted by Gasteiger charge is -2.05. The monoisotopic (exact) mass is 257 g/mol. The van der Waals surface area contributed by atoms with E-state index in [-0.39, 0.29) is 11.5 Å². The summed E-state index contributed by atoms with van der Waals surface area (Å²) in [6, 6.07) is 8.30. The fourth-order valence-corrected chi connectivity index (χ4v) is 2.14. The van der Waals surface area contributed by atoms with Gasteiger partial charge in [-0.05, 0) is 23.8 Å². The molecule has 0 saturated heterocycles. The third-order valence-electron chi connectivity index (χ3n) is 3.03. The number of nitrogens with zero attached hydrogens (tertiary/aromatic N) is 2. The van der Waals surface area contributed by atoms with E-state index in [1.165, 1.54) is 12.1 Å². The maximum atomic E-state index is 10.8. The first-order valence-electron chi connectivity index (χ1n) is 5.81. The lowest BCUT2D eigenvalue weighted by atomic mass is 10.1. The number of aromatic nitrogens is 1. The second-order valence-electron chi connectivity index (χ2n) is 4.31. The van der Waals surface area contributed by atoms with Gasteiger partial charge in [-0.15, -0.1) is 0 Å². The Hall–Kier alpha value is -2.63. The van der Waals surface area contributed by atoms with Crippen LogP contribution in [-0.2, 0) is 6.42 Å². The van der Waals surface area contributed by atoms with E-state index < -0.39 is 4.92 Å². The number of nitrogen functional groups attached to an aromatic ring is 1. The molecule has 0 aliphatic carbocycles. The van der Waals surface area contributed by atoms with Crippen LogP contribution >= 0.6 is 0 Å². The molecule has 96 valence electrons. The molecule has 19 heavy (non-hydrogen) atoms. The maximum Gasteiger partial charge on any atom is 0.275 e. The van der Waals surface area contributed by atoms with Crippen LogP contribution in [-0.4, -0.2) is 16.5 Å². The van der Waals surface area contributed by atoms with E-state index in [9.17, 15) is 10.1 Å². The third kappa shape index (κ3) is 2.08. The highest BCUT2D eigenvalue weighted by atomic mass is 16.6. The average Bonchev–Trinajstić information content (AvgIpc) is 2.85. The number of nitrogens with two attached hydrogens (primary N) is 1. The Balaban J connectivity index is 2.09. The number of rotatable bonds is 2. The van der Waals surface area contributed by atoms with Crippen molar-refractivity contribution in [2.75, 3.05) is 12.3 Å². The molecule has 1 aromatic heterocycles. The molecule has 0 unspecified atom stereocenters.